The molecule has 6 heteroatoms. The van der Waals surface area contributed by atoms with Crippen LogP contribution in [-0.4, -0.2) is 30.7 Å². The van der Waals surface area contributed by atoms with Crippen LogP contribution in [0.3, 0.4) is 0 Å². The second-order valence-corrected chi connectivity index (χ2v) is 6.27. The highest BCUT2D eigenvalue weighted by atomic mass is 79.9. The van der Waals surface area contributed by atoms with Crippen LogP contribution in [0, 0.1) is 5.92 Å². The molecule has 5 N–H and O–H groups in total. The highest BCUT2D eigenvalue weighted by Gasteiger charge is 2.50. The van der Waals surface area contributed by atoms with Gasteiger partial charge in [0.15, 0.2) is 0 Å². The average molecular weight is 340 g/mol. The SMILES string of the molecule is NC(=O)c1c(Br)cccc1NC1C(N)C2CCCOC21. The second kappa shape index (κ2) is 5.35. The topological polar surface area (TPSA) is 90.4 Å². The van der Waals surface area contributed by atoms with Gasteiger partial charge in [-0.25, -0.2) is 0 Å². The van der Waals surface area contributed by atoms with E-state index in [1.807, 2.05) is 12.1 Å². The Morgan fingerprint density at radius 1 is 1.45 bits per heavy atom. The molecule has 4 atom stereocenters. The van der Waals surface area contributed by atoms with E-state index in [1.165, 1.54) is 0 Å². The smallest absolute Gasteiger partial charge is 0.251 e. The molecule has 1 aliphatic carbocycles. The molecule has 4 unspecified atom stereocenters. The zero-order chi connectivity index (χ0) is 14.3. The number of rotatable bonds is 3. The van der Waals surface area contributed by atoms with Crippen molar-refractivity contribution in [2.45, 2.75) is 31.0 Å². The van der Waals surface area contributed by atoms with Crippen LogP contribution < -0.4 is 16.8 Å². The van der Waals surface area contributed by atoms with Crippen LogP contribution in [0.1, 0.15) is 23.2 Å². The van der Waals surface area contributed by atoms with Crippen molar-refractivity contribution in [3.8, 4) is 0 Å². The summed E-state index contributed by atoms with van der Waals surface area (Å²) in [6.07, 6.45) is 2.33. The first-order valence-corrected chi connectivity index (χ1v) is 7.61. The van der Waals surface area contributed by atoms with Crippen LogP contribution in [0.5, 0.6) is 0 Å². The number of nitrogens with two attached hydrogens (primary N) is 2. The highest BCUT2D eigenvalue weighted by Crippen LogP contribution is 2.39. The molecule has 1 aromatic rings. The van der Waals surface area contributed by atoms with Gasteiger partial charge in [-0.1, -0.05) is 6.07 Å². The lowest BCUT2D eigenvalue weighted by Crippen LogP contribution is -2.69. The first-order chi connectivity index (χ1) is 9.59. The van der Waals surface area contributed by atoms with Gasteiger partial charge in [0, 0.05) is 28.7 Å². The number of fused-ring (bicyclic) bond motifs is 1. The number of carbonyl (C=O) groups is 1. The molecule has 1 saturated heterocycles. The summed E-state index contributed by atoms with van der Waals surface area (Å²) in [5.74, 6) is -0.0422. The largest absolute Gasteiger partial charge is 0.377 e. The molecule has 108 valence electrons. The summed E-state index contributed by atoms with van der Waals surface area (Å²) in [7, 11) is 0. The molecule has 3 rings (SSSR count). The fraction of sp³-hybridized carbons (Fsp3) is 0.500. The first-order valence-electron chi connectivity index (χ1n) is 6.81. The third-order valence-electron chi connectivity index (χ3n) is 4.26. The summed E-state index contributed by atoms with van der Waals surface area (Å²) in [4.78, 5) is 11.6. The molecule has 0 spiro atoms. The average Bonchev–Trinajstić information content (AvgIpc) is 2.44. The minimum absolute atomic E-state index is 0.0349. The zero-order valence-corrected chi connectivity index (χ0v) is 12.6. The lowest BCUT2D eigenvalue weighted by molar-refractivity contribution is -0.104. The Morgan fingerprint density at radius 3 is 3.00 bits per heavy atom. The molecule has 1 heterocycles. The fourth-order valence-electron chi connectivity index (χ4n) is 3.20. The number of amides is 1. The van der Waals surface area contributed by atoms with E-state index >= 15 is 0 Å². The predicted octanol–water partition coefficient (Wildman–Crippen LogP) is 1.46. The van der Waals surface area contributed by atoms with Crippen molar-refractivity contribution >= 4 is 27.5 Å². The van der Waals surface area contributed by atoms with Crippen LogP contribution in [0.4, 0.5) is 5.69 Å². The van der Waals surface area contributed by atoms with Gasteiger partial charge in [0.05, 0.1) is 17.7 Å². The second-order valence-electron chi connectivity index (χ2n) is 5.42. The molecule has 1 aliphatic heterocycles. The van der Waals surface area contributed by atoms with Crippen molar-refractivity contribution in [1.29, 1.82) is 0 Å². The number of nitrogens with one attached hydrogen (secondary N) is 1. The molecule has 2 aliphatic rings. The quantitative estimate of drug-likeness (QED) is 0.777. The van der Waals surface area contributed by atoms with Gasteiger partial charge in [-0.15, -0.1) is 0 Å². The van der Waals surface area contributed by atoms with E-state index in [-0.39, 0.29) is 18.2 Å². The lowest BCUT2D eigenvalue weighted by Gasteiger charge is -2.52. The number of benzene rings is 1. The third-order valence-corrected chi connectivity index (χ3v) is 4.92. The van der Waals surface area contributed by atoms with Crippen LogP contribution in [0.25, 0.3) is 0 Å². The normalized spacial score (nSPS) is 32.1. The Labute approximate surface area is 126 Å². The van der Waals surface area contributed by atoms with Gasteiger partial charge in [0.1, 0.15) is 0 Å². The summed E-state index contributed by atoms with van der Waals surface area (Å²) in [6.45, 7) is 0.785. The van der Waals surface area contributed by atoms with E-state index in [1.54, 1.807) is 6.07 Å². The monoisotopic (exact) mass is 339 g/mol. The van der Waals surface area contributed by atoms with Crippen LogP contribution in [-0.2, 0) is 4.74 Å². The van der Waals surface area contributed by atoms with Crippen LogP contribution in [0.2, 0.25) is 0 Å². The minimum Gasteiger partial charge on any atom is -0.377 e. The van der Waals surface area contributed by atoms with E-state index in [2.05, 4.69) is 21.2 Å². The van der Waals surface area contributed by atoms with Gasteiger partial charge in [-0.05, 0) is 40.9 Å². The Bertz CT molecular complexity index is 537. The summed E-state index contributed by atoms with van der Waals surface area (Å²) in [5, 5.41) is 3.34. The number of hydrogen-bond acceptors (Lipinski definition) is 4. The Kier molecular flexibility index (Phi) is 3.70. The van der Waals surface area contributed by atoms with E-state index in [4.69, 9.17) is 16.2 Å². The van der Waals surface area contributed by atoms with Crippen LogP contribution in [0.15, 0.2) is 22.7 Å². The summed E-state index contributed by atoms with van der Waals surface area (Å²) in [5.41, 5.74) is 12.8. The maximum atomic E-state index is 11.6. The van der Waals surface area contributed by atoms with Crippen molar-refractivity contribution in [1.82, 2.24) is 0 Å². The van der Waals surface area contributed by atoms with E-state index < -0.39 is 5.91 Å². The number of hydrogen-bond donors (Lipinski definition) is 3. The van der Waals surface area contributed by atoms with E-state index in [0.29, 0.717) is 21.6 Å². The number of carbonyl (C=O) groups excluding carboxylic acids is 1. The number of primary amides is 1. The fourth-order valence-corrected chi connectivity index (χ4v) is 3.76. The van der Waals surface area contributed by atoms with Crippen molar-refractivity contribution in [3.05, 3.63) is 28.2 Å². The van der Waals surface area contributed by atoms with E-state index in [9.17, 15) is 4.79 Å². The molecule has 2 fully saturated rings. The molecule has 1 amide bonds. The van der Waals surface area contributed by atoms with Crippen molar-refractivity contribution < 1.29 is 9.53 Å². The van der Waals surface area contributed by atoms with Gasteiger partial charge < -0.3 is 21.5 Å². The molecule has 0 bridgehead atoms. The maximum Gasteiger partial charge on any atom is 0.251 e. The van der Waals surface area contributed by atoms with Gasteiger partial charge in [-0.3, -0.25) is 4.79 Å². The van der Waals surface area contributed by atoms with Gasteiger partial charge in [-0.2, -0.15) is 0 Å². The Hall–Kier alpha value is -1.11. The number of anilines is 1. The summed E-state index contributed by atoms with van der Waals surface area (Å²) < 4.78 is 6.48. The molecular formula is C14H18BrN3O2. The van der Waals surface area contributed by atoms with Crippen LogP contribution >= 0.6 is 15.9 Å². The minimum atomic E-state index is -0.464. The standard InChI is InChI=1S/C14H18BrN3O2/c15-8-4-1-5-9(10(8)14(17)19)18-12-11(16)7-3-2-6-20-13(7)12/h1,4-5,7,11-13,18H,2-3,6,16H2,(H2,17,19). The maximum absolute atomic E-state index is 11.6. The molecule has 1 aromatic carbocycles. The lowest BCUT2D eigenvalue weighted by atomic mass is 9.68. The molecular weight excluding hydrogens is 322 g/mol. The Morgan fingerprint density at radius 2 is 2.25 bits per heavy atom. The molecule has 1 saturated carbocycles. The first kappa shape index (κ1) is 13.9. The van der Waals surface area contributed by atoms with E-state index in [0.717, 1.165) is 19.4 Å². The zero-order valence-electron chi connectivity index (χ0n) is 11.0. The van der Waals surface area contributed by atoms with Gasteiger partial charge in [0.25, 0.3) is 5.91 Å². The molecule has 0 radical (unpaired) electrons. The van der Waals surface area contributed by atoms with Crippen molar-refractivity contribution in [2.75, 3.05) is 11.9 Å². The highest BCUT2D eigenvalue weighted by molar-refractivity contribution is 9.10. The Balaban J connectivity index is 1.82. The summed E-state index contributed by atoms with van der Waals surface area (Å²) >= 11 is 3.36. The summed E-state index contributed by atoms with van der Waals surface area (Å²) in [6, 6.07) is 5.59. The number of halogens is 1. The third kappa shape index (κ3) is 2.21. The number of ether oxygens (including phenoxy) is 1. The van der Waals surface area contributed by atoms with Crippen molar-refractivity contribution in [2.24, 2.45) is 17.4 Å². The molecule has 0 aromatic heterocycles. The predicted molar refractivity (Wildman–Crippen MR) is 80.5 cm³/mol. The van der Waals surface area contributed by atoms with Crippen molar-refractivity contribution in [3.63, 3.8) is 0 Å². The van der Waals surface area contributed by atoms with Gasteiger partial charge >= 0.3 is 0 Å². The molecule has 5 nitrogen and oxygen atoms in total. The molecule has 20 heavy (non-hydrogen) atoms. The van der Waals surface area contributed by atoms with Gasteiger partial charge in [0.2, 0.25) is 0 Å².